The first kappa shape index (κ1) is 15.0. The summed E-state index contributed by atoms with van der Waals surface area (Å²) in [6, 6.07) is 6.16. The third kappa shape index (κ3) is 2.11. The van der Waals surface area contributed by atoms with Gasteiger partial charge in [0.05, 0.1) is 5.56 Å². The quantitative estimate of drug-likeness (QED) is 0.390. The van der Waals surface area contributed by atoms with Crippen molar-refractivity contribution in [2.75, 3.05) is 0 Å². The van der Waals surface area contributed by atoms with Gasteiger partial charge in [0.1, 0.15) is 11.5 Å². The Kier molecular flexibility index (Phi) is 3.29. The molecule has 0 bridgehead atoms. The zero-order valence-electron chi connectivity index (χ0n) is 13.0. The number of halogens is 1. The first-order valence-corrected chi connectivity index (χ1v) is 7.49. The summed E-state index contributed by atoms with van der Waals surface area (Å²) in [6.07, 6.45) is 3.82. The highest BCUT2D eigenvalue weighted by molar-refractivity contribution is 5.76. The number of hydrogen-bond donors (Lipinski definition) is 2. The molecule has 5 heteroatoms. The second-order valence-electron chi connectivity index (χ2n) is 7.10. The molecule has 0 unspecified atom stereocenters. The summed E-state index contributed by atoms with van der Waals surface area (Å²) in [6.45, 7) is 6.10. The molecular weight excluding hydrogens is 283 g/mol. The van der Waals surface area contributed by atoms with Crippen molar-refractivity contribution in [1.82, 2.24) is 5.48 Å². The highest BCUT2D eigenvalue weighted by Gasteiger charge is 2.63. The maximum absolute atomic E-state index is 13.8. The predicted molar refractivity (Wildman–Crippen MR) is 82.0 cm³/mol. The minimum Gasteiger partial charge on any atom is -0.623 e. The van der Waals surface area contributed by atoms with Gasteiger partial charge in [-0.3, -0.25) is 10.7 Å². The van der Waals surface area contributed by atoms with Crippen LogP contribution in [-0.2, 0) is 0 Å². The van der Waals surface area contributed by atoms with Crippen LogP contribution in [0.5, 0.6) is 0 Å². The molecule has 1 saturated carbocycles. The molecular formula is C17H21FN2O2. The Bertz CT molecular complexity index is 668. The van der Waals surface area contributed by atoms with E-state index in [-0.39, 0.29) is 11.0 Å². The van der Waals surface area contributed by atoms with Gasteiger partial charge in [0.15, 0.2) is 6.21 Å². The van der Waals surface area contributed by atoms with Gasteiger partial charge >= 0.3 is 0 Å². The van der Waals surface area contributed by atoms with E-state index < -0.39 is 11.4 Å². The molecule has 0 radical (unpaired) electrons. The van der Waals surface area contributed by atoms with Crippen LogP contribution in [0, 0.1) is 28.3 Å². The van der Waals surface area contributed by atoms with Gasteiger partial charge in [-0.05, 0) is 29.4 Å². The SMILES string of the molecule is CC1(C)[C@@H]2C=C(NO)[C@@](C)(/[N+]([O-])=C/c3ccccc3F)C[C@@H]21. The summed E-state index contributed by atoms with van der Waals surface area (Å²) in [5, 5.41) is 22.1. The molecule has 0 aromatic heterocycles. The number of hydrogen-bond acceptors (Lipinski definition) is 3. The standard InChI is InChI=1S/C17H21FN2O2/c1-16(2)12-8-15(19-21)17(3,9-13(12)16)20(22)10-11-6-4-5-7-14(11)18/h4-8,10,12-13,19,21H,9H2,1-3H3/b20-10-/t12-,13+,17+/m1/s1. The number of allylic oxidation sites excluding steroid dienone is 1. The van der Waals surface area contributed by atoms with Crippen LogP contribution in [0.25, 0.3) is 0 Å². The Morgan fingerprint density at radius 2 is 2.05 bits per heavy atom. The molecule has 0 spiro atoms. The van der Waals surface area contributed by atoms with E-state index in [4.69, 9.17) is 0 Å². The second-order valence-corrected chi connectivity index (χ2v) is 7.10. The fourth-order valence-electron chi connectivity index (χ4n) is 3.62. The van der Waals surface area contributed by atoms with Crippen LogP contribution in [0.2, 0.25) is 0 Å². The largest absolute Gasteiger partial charge is 0.623 e. The summed E-state index contributed by atoms with van der Waals surface area (Å²) < 4.78 is 14.5. The van der Waals surface area contributed by atoms with Gasteiger partial charge in [-0.25, -0.2) is 4.39 Å². The average molecular weight is 304 g/mol. The van der Waals surface area contributed by atoms with Crippen molar-refractivity contribution in [1.29, 1.82) is 0 Å². The number of nitrogens with one attached hydrogen (secondary N) is 1. The number of hydroxylamine groups is 2. The van der Waals surface area contributed by atoms with Gasteiger partial charge in [-0.15, -0.1) is 0 Å². The van der Waals surface area contributed by atoms with E-state index in [0.717, 1.165) is 4.74 Å². The second kappa shape index (κ2) is 4.81. The highest BCUT2D eigenvalue weighted by atomic mass is 19.1. The van der Waals surface area contributed by atoms with Crippen LogP contribution in [0.1, 0.15) is 32.8 Å². The molecule has 3 rings (SSSR count). The smallest absolute Gasteiger partial charge is 0.211 e. The topological polar surface area (TPSA) is 58.3 Å². The molecule has 0 heterocycles. The molecule has 0 amide bonds. The van der Waals surface area contributed by atoms with Crippen LogP contribution >= 0.6 is 0 Å². The van der Waals surface area contributed by atoms with Gasteiger partial charge in [-0.2, -0.15) is 4.74 Å². The Hall–Kier alpha value is -1.88. The average Bonchev–Trinajstić information content (AvgIpc) is 3.00. The van der Waals surface area contributed by atoms with E-state index in [1.807, 2.05) is 6.08 Å². The molecule has 1 aromatic carbocycles. The fraction of sp³-hybridized carbons (Fsp3) is 0.471. The van der Waals surface area contributed by atoms with Crippen molar-refractivity contribution in [3.8, 4) is 0 Å². The number of fused-ring (bicyclic) bond motifs is 1. The zero-order chi connectivity index (χ0) is 16.1. The van der Waals surface area contributed by atoms with Crippen molar-refractivity contribution < 1.29 is 14.3 Å². The minimum absolute atomic E-state index is 0.138. The Morgan fingerprint density at radius 3 is 2.68 bits per heavy atom. The molecule has 2 aliphatic rings. The molecule has 3 atom stereocenters. The van der Waals surface area contributed by atoms with E-state index in [9.17, 15) is 14.8 Å². The number of nitrogens with zero attached hydrogens (tertiary/aromatic N) is 1. The van der Waals surface area contributed by atoms with E-state index in [2.05, 4.69) is 19.3 Å². The third-order valence-electron chi connectivity index (χ3n) is 5.45. The van der Waals surface area contributed by atoms with Crippen LogP contribution in [-0.4, -0.2) is 21.7 Å². The van der Waals surface area contributed by atoms with Crippen molar-refractivity contribution >= 4 is 6.21 Å². The van der Waals surface area contributed by atoms with E-state index in [1.165, 1.54) is 12.3 Å². The molecule has 1 fully saturated rings. The van der Waals surface area contributed by atoms with Crippen molar-refractivity contribution in [3.05, 3.63) is 52.6 Å². The maximum Gasteiger partial charge on any atom is 0.211 e. The van der Waals surface area contributed by atoms with E-state index >= 15 is 0 Å². The molecule has 22 heavy (non-hydrogen) atoms. The lowest BCUT2D eigenvalue weighted by Gasteiger charge is -2.32. The predicted octanol–water partition coefficient (Wildman–Crippen LogP) is 3.05. The van der Waals surface area contributed by atoms with Crippen molar-refractivity contribution in [2.24, 2.45) is 17.3 Å². The van der Waals surface area contributed by atoms with Crippen LogP contribution < -0.4 is 5.48 Å². The Balaban J connectivity index is 1.97. The van der Waals surface area contributed by atoms with Gasteiger partial charge in [0.25, 0.3) is 0 Å². The van der Waals surface area contributed by atoms with Gasteiger partial charge in [0, 0.05) is 13.3 Å². The molecule has 2 N–H and O–H groups in total. The molecule has 2 aliphatic carbocycles. The number of benzene rings is 1. The lowest BCUT2D eigenvalue weighted by molar-refractivity contribution is -0.533. The Labute approximate surface area is 129 Å². The molecule has 0 saturated heterocycles. The van der Waals surface area contributed by atoms with Gasteiger partial charge < -0.3 is 5.21 Å². The molecule has 4 nitrogen and oxygen atoms in total. The van der Waals surface area contributed by atoms with Crippen LogP contribution in [0.15, 0.2) is 36.0 Å². The fourth-order valence-corrected chi connectivity index (χ4v) is 3.62. The summed E-state index contributed by atoms with van der Waals surface area (Å²) >= 11 is 0. The van der Waals surface area contributed by atoms with E-state index in [1.54, 1.807) is 25.1 Å². The summed E-state index contributed by atoms with van der Waals surface area (Å²) in [5.74, 6) is 0.340. The van der Waals surface area contributed by atoms with Crippen molar-refractivity contribution in [2.45, 2.75) is 32.7 Å². The first-order chi connectivity index (χ1) is 10.3. The Morgan fingerprint density at radius 1 is 1.36 bits per heavy atom. The monoisotopic (exact) mass is 304 g/mol. The van der Waals surface area contributed by atoms with Gasteiger partial charge in [0.2, 0.25) is 5.54 Å². The summed E-state index contributed by atoms with van der Waals surface area (Å²) in [5.41, 5.74) is 2.12. The number of rotatable bonds is 3. The first-order valence-electron chi connectivity index (χ1n) is 7.49. The van der Waals surface area contributed by atoms with E-state index in [0.29, 0.717) is 24.0 Å². The molecule has 0 aliphatic heterocycles. The lowest BCUT2D eigenvalue weighted by atomic mass is 9.86. The highest BCUT2D eigenvalue weighted by Crippen LogP contribution is 2.65. The van der Waals surface area contributed by atoms with Crippen LogP contribution in [0.3, 0.4) is 0 Å². The molecule has 1 aromatic rings. The molecule has 118 valence electrons. The zero-order valence-corrected chi connectivity index (χ0v) is 13.0. The summed E-state index contributed by atoms with van der Waals surface area (Å²) in [7, 11) is 0. The minimum atomic E-state index is -0.925. The van der Waals surface area contributed by atoms with Crippen molar-refractivity contribution in [3.63, 3.8) is 0 Å². The summed E-state index contributed by atoms with van der Waals surface area (Å²) in [4.78, 5) is 0. The lowest BCUT2D eigenvalue weighted by Crippen LogP contribution is -2.45. The maximum atomic E-state index is 13.8. The third-order valence-corrected chi connectivity index (χ3v) is 5.45. The van der Waals surface area contributed by atoms with Gasteiger partial charge in [-0.1, -0.05) is 32.1 Å². The van der Waals surface area contributed by atoms with Crippen LogP contribution in [0.4, 0.5) is 4.39 Å². The normalized spacial score (nSPS) is 33.0.